The van der Waals surface area contributed by atoms with Gasteiger partial charge in [0.1, 0.15) is 5.71 Å². The molecule has 3 rings (SSSR count). The predicted octanol–water partition coefficient (Wildman–Crippen LogP) is 3.88. The molecular formula is C25H27N5OS. The van der Waals surface area contributed by atoms with Crippen molar-refractivity contribution in [3.63, 3.8) is 0 Å². The average molecular weight is 446 g/mol. The first-order valence-corrected chi connectivity index (χ1v) is 10.8. The van der Waals surface area contributed by atoms with Crippen LogP contribution >= 0.6 is 11.8 Å². The van der Waals surface area contributed by atoms with Crippen LogP contribution in [-0.4, -0.2) is 18.2 Å². The molecule has 0 atom stereocenters. The first-order chi connectivity index (χ1) is 15.3. The molecule has 0 fully saturated rings. The maximum atomic E-state index is 11.6. The lowest BCUT2D eigenvalue weighted by Gasteiger charge is -2.09. The van der Waals surface area contributed by atoms with E-state index in [4.69, 9.17) is 28.3 Å². The number of amides is 1. The molecule has 1 amide bonds. The van der Waals surface area contributed by atoms with E-state index in [9.17, 15) is 4.79 Å². The molecule has 7 heteroatoms. The summed E-state index contributed by atoms with van der Waals surface area (Å²) in [5.74, 6) is 5.26. The molecule has 6 nitrogen and oxygen atoms in total. The fourth-order valence-corrected chi connectivity index (χ4v) is 3.49. The normalized spacial score (nSPS) is 9.69. The Labute approximate surface area is 192 Å². The summed E-state index contributed by atoms with van der Waals surface area (Å²) in [4.78, 5) is 13.2. The molecule has 3 aromatic carbocycles. The third-order valence-corrected chi connectivity index (χ3v) is 5.27. The molecule has 0 spiro atoms. The van der Waals surface area contributed by atoms with Crippen LogP contribution < -0.4 is 22.9 Å². The lowest BCUT2D eigenvalue weighted by molar-refractivity contribution is 0.0997. The van der Waals surface area contributed by atoms with Crippen LogP contribution in [0.5, 0.6) is 0 Å². The Morgan fingerprint density at radius 3 is 2.25 bits per heavy atom. The van der Waals surface area contributed by atoms with Crippen LogP contribution in [0.1, 0.15) is 34.8 Å². The highest BCUT2D eigenvalue weighted by molar-refractivity contribution is 7.99. The highest BCUT2D eigenvalue weighted by atomic mass is 32.2. The van der Waals surface area contributed by atoms with Crippen molar-refractivity contribution in [3.8, 4) is 11.8 Å². The number of nitrogen functional groups attached to an aromatic ring is 2. The van der Waals surface area contributed by atoms with Gasteiger partial charge in [-0.05, 0) is 73.5 Å². The third-order valence-electron chi connectivity index (χ3n) is 4.20. The number of benzene rings is 3. The van der Waals surface area contributed by atoms with E-state index in [1.807, 2.05) is 18.2 Å². The number of primary amides is 1. The number of carbonyl (C=O) groups is 1. The molecule has 3 aromatic rings. The van der Waals surface area contributed by atoms with Crippen LogP contribution in [0, 0.1) is 17.3 Å². The summed E-state index contributed by atoms with van der Waals surface area (Å²) in [6.45, 7) is 2.88. The van der Waals surface area contributed by atoms with Crippen LogP contribution in [-0.2, 0) is 0 Å². The SMILES string of the molecule is CCCN.N=C(C#Cc1ccc(N)cc1)c1ccc(Sc2ccccc2C(N)=O)cc1N. The van der Waals surface area contributed by atoms with E-state index in [0.717, 1.165) is 28.3 Å². The number of nitrogens with one attached hydrogen (secondary N) is 1. The second-order valence-corrected chi connectivity index (χ2v) is 7.86. The van der Waals surface area contributed by atoms with Gasteiger partial charge in [0.05, 0.1) is 5.56 Å². The van der Waals surface area contributed by atoms with E-state index >= 15 is 0 Å². The van der Waals surface area contributed by atoms with Gasteiger partial charge in [0, 0.05) is 32.3 Å². The molecule has 164 valence electrons. The van der Waals surface area contributed by atoms with Crippen LogP contribution in [0.2, 0.25) is 0 Å². The number of carbonyl (C=O) groups excluding carboxylic acids is 1. The van der Waals surface area contributed by atoms with Crippen molar-refractivity contribution in [2.45, 2.75) is 23.1 Å². The van der Waals surface area contributed by atoms with E-state index in [-0.39, 0.29) is 5.71 Å². The maximum absolute atomic E-state index is 11.6. The lowest BCUT2D eigenvalue weighted by atomic mass is 10.1. The van der Waals surface area contributed by atoms with Crippen molar-refractivity contribution in [1.29, 1.82) is 5.41 Å². The Balaban J connectivity index is 0.000000837. The van der Waals surface area contributed by atoms with Crippen molar-refractivity contribution >= 4 is 34.8 Å². The Kier molecular flexibility index (Phi) is 9.36. The highest BCUT2D eigenvalue weighted by Gasteiger charge is 2.10. The third kappa shape index (κ3) is 7.20. The first-order valence-electron chi connectivity index (χ1n) is 9.98. The lowest BCUT2D eigenvalue weighted by Crippen LogP contribution is -2.11. The number of anilines is 2. The largest absolute Gasteiger partial charge is 0.399 e. The van der Waals surface area contributed by atoms with Gasteiger partial charge in [-0.2, -0.15) is 0 Å². The van der Waals surface area contributed by atoms with E-state index in [1.54, 1.807) is 48.5 Å². The molecule has 0 aromatic heterocycles. The topological polar surface area (TPSA) is 145 Å². The molecule has 0 saturated heterocycles. The molecule has 0 aliphatic rings. The first kappa shape index (κ1) is 24.5. The molecule has 0 saturated carbocycles. The van der Waals surface area contributed by atoms with E-state index in [2.05, 4.69) is 18.8 Å². The molecule has 0 aliphatic carbocycles. The van der Waals surface area contributed by atoms with Gasteiger partial charge in [-0.3, -0.25) is 10.2 Å². The van der Waals surface area contributed by atoms with Crippen LogP contribution in [0.15, 0.2) is 76.5 Å². The Morgan fingerprint density at radius 2 is 1.66 bits per heavy atom. The highest BCUT2D eigenvalue weighted by Crippen LogP contribution is 2.32. The predicted molar refractivity (Wildman–Crippen MR) is 134 cm³/mol. The van der Waals surface area contributed by atoms with Crippen molar-refractivity contribution in [1.82, 2.24) is 0 Å². The van der Waals surface area contributed by atoms with E-state index in [1.165, 1.54) is 11.8 Å². The fraction of sp³-hybridized carbons (Fsp3) is 0.120. The van der Waals surface area contributed by atoms with E-state index < -0.39 is 5.91 Å². The fourth-order valence-electron chi connectivity index (χ4n) is 2.49. The van der Waals surface area contributed by atoms with Gasteiger partial charge in [-0.25, -0.2) is 0 Å². The minimum absolute atomic E-state index is 0.128. The second kappa shape index (κ2) is 12.2. The molecule has 9 N–H and O–H groups in total. The zero-order chi connectivity index (χ0) is 23.5. The van der Waals surface area contributed by atoms with Crippen molar-refractivity contribution in [2.24, 2.45) is 11.5 Å². The molecule has 0 bridgehead atoms. The zero-order valence-corrected chi connectivity index (χ0v) is 18.7. The smallest absolute Gasteiger partial charge is 0.249 e. The molecule has 0 unspecified atom stereocenters. The Hall–Kier alpha value is -3.73. The average Bonchev–Trinajstić information content (AvgIpc) is 2.79. The monoisotopic (exact) mass is 445 g/mol. The molecule has 32 heavy (non-hydrogen) atoms. The zero-order valence-electron chi connectivity index (χ0n) is 17.9. The van der Waals surface area contributed by atoms with Gasteiger partial charge in [0.2, 0.25) is 5.91 Å². The number of rotatable bonds is 5. The van der Waals surface area contributed by atoms with Gasteiger partial charge < -0.3 is 22.9 Å². The Bertz CT molecular complexity index is 1140. The summed E-state index contributed by atoms with van der Waals surface area (Å²) in [5.41, 5.74) is 25.3. The number of nitrogens with two attached hydrogens (primary N) is 4. The quantitative estimate of drug-likeness (QED) is 0.230. The number of hydrogen-bond acceptors (Lipinski definition) is 6. The molecular weight excluding hydrogens is 418 g/mol. The minimum atomic E-state index is -0.479. The van der Waals surface area contributed by atoms with Crippen molar-refractivity contribution < 1.29 is 4.79 Å². The Morgan fingerprint density at radius 1 is 1.00 bits per heavy atom. The van der Waals surface area contributed by atoms with Gasteiger partial charge in [-0.1, -0.05) is 36.7 Å². The van der Waals surface area contributed by atoms with E-state index in [0.29, 0.717) is 22.5 Å². The summed E-state index contributed by atoms with van der Waals surface area (Å²) >= 11 is 1.39. The van der Waals surface area contributed by atoms with Gasteiger partial charge in [0.15, 0.2) is 0 Å². The van der Waals surface area contributed by atoms with Crippen LogP contribution in [0.4, 0.5) is 11.4 Å². The van der Waals surface area contributed by atoms with Crippen molar-refractivity contribution in [2.75, 3.05) is 18.0 Å². The van der Waals surface area contributed by atoms with Gasteiger partial charge in [-0.15, -0.1) is 0 Å². The van der Waals surface area contributed by atoms with Gasteiger partial charge in [0.25, 0.3) is 0 Å². The molecule has 0 aliphatic heterocycles. The standard InChI is InChI=1S/C22H18N4OS.C3H9N/c23-15-8-5-14(6-9-15)7-12-19(24)17-11-10-16(13-20(17)25)28-21-4-2-1-3-18(21)22(26)27;1-2-3-4/h1-6,8-11,13,24H,23,25H2,(H2,26,27);2-4H2,1H3. The molecule has 0 radical (unpaired) electrons. The maximum Gasteiger partial charge on any atom is 0.249 e. The summed E-state index contributed by atoms with van der Waals surface area (Å²) in [7, 11) is 0. The van der Waals surface area contributed by atoms with Crippen molar-refractivity contribution in [3.05, 3.63) is 83.4 Å². The summed E-state index contributed by atoms with van der Waals surface area (Å²) in [5, 5.41) is 8.20. The number of hydrogen-bond donors (Lipinski definition) is 5. The van der Waals surface area contributed by atoms with Gasteiger partial charge >= 0.3 is 0 Å². The van der Waals surface area contributed by atoms with Crippen LogP contribution in [0.3, 0.4) is 0 Å². The summed E-state index contributed by atoms with van der Waals surface area (Å²) in [6.07, 6.45) is 1.10. The summed E-state index contributed by atoms with van der Waals surface area (Å²) < 4.78 is 0. The summed E-state index contributed by atoms with van der Waals surface area (Å²) in [6, 6.07) is 19.6. The minimum Gasteiger partial charge on any atom is -0.399 e. The van der Waals surface area contributed by atoms with Crippen LogP contribution in [0.25, 0.3) is 0 Å². The molecule has 0 heterocycles. The second-order valence-electron chi connectivity index (χ2n) is 6.75.